The van der Waals surface area contributed by atoms with E-state index in [0.717, 1.165) is 11.9 Å². The van der Waals surface area contributed by atoms with E-state index in [2.05, 4.69) is 4.98 Å². The van der Waals surface area contributed by atoms with Crippen LogP contribution in [-0.2, 0) is 13.5 Å². The fourth-order valence-corrected chi connectivity index (χ4v) is 1.64. The summed E-state index contributed by atoms with van der Waals surface area (Å²) in [6.07, 6.45) is 4.04. The van der Waals surface area contributed by atoms with E-state index in [-0.39, 0.29) is 17.9 Å². The second-order valence-electron chi connectivity index (χ2n) is 4.00. The molecular formula is C13H13FN2O3. The lowest BCUT2D eigenvalue weighted by Gasteiger charge is -2.07. The minimum atomic E-state index is -1.17. The fourth-order valence-electron chi connectivity index (χ4n) is 1.64. The minimum Gasteiger partial charge on any atom is -0.490 e. The van der Waals surface area contributed by atoms with Gasteiger partial charge < -0.3 is 14.4 Å². The first-order valence-corrected chi connectivity index (χ1v) is 5.70. The second-order valence-corrected chi connectivity index (χ2v) is 4.00. The summed E-state index contributed by atoms with van der Waals surface area (Å²) in [5, 5.41) is 8.71. The van der Waals surface area contributed by atoms with Crippen molar-refractivity contribution in [2.45, 2.75) is 6.42 Å². The van der Waals surface area contributed by atoms with E-state index in [1.165, 1.54) is 12.1 Å². The van der Waals surface area contributed by atoms with Crippen molar-refractivity contribution in [3.63, 3.8) is 0 Å². The molecule has 1 N–H and O–H groups in total. The van der Waals surface area contributed by atoms with Crippen molar-refractivity contribution in [3.8, 4) is 5.75 Å². The number of carbonyl (C=O) groups is 1. The lowest BCUT2D eigenvalue weighted by atomic mass is 10.2. The standard InChI is InChI=1S/C13H13FN2O3/c1-16-6-5-15-12(16)4-7-19-11-3-2-9(13(17)18)8-10(11)14/h2-3,5-6,8H,4,7H2,1H3,(H,17,18). The molecular weight excluding hydrogens is 251 g/mol. The van der Waals surface area contributed by atoms with Gasteiger partial charge in [-0.25, -0.2) is 14.2 Å². The molecule has 0 unspecified atom stereocenters. The van der Waals surface area contributed by atoms with Crippen molar-refractivity contribution < 1.29 is 19.0 Å². The second kappa shape index (κ2) is 5.51. The van der Waals surface area contributed by atoms with E-state index < -0.39 is 11.8 Å². The Morgan fingerprint density at radius 3 is 2.89 bits per heavy atom. The number of rotatable bonds is 5. The highest BCUT2D eigenvalue weighted by Crippen LogP contribution is 2.18. The highest BCUT2D eigenvalue weighted by molar-refractivity contribution is 5.87. The van der Waals surface area contributed by atoms with Crippen LogP contribution in [0.15, 0.2) is 30.6 Å². The molecule has 0 aliphatic heterocycles. The van der Waals surface area contributed by atoms with Crippen LogP contribution in [0, 0.1) is 5.82 Å². The topological polar surface area (TPSA) is 64.4 Å². The van der Waals surface area contributed by atoms with Crippen LogP contribution in [0.1, 0.15) is 16.2 Å². The molecule has 0 radical (unpaired) electrons. The third-order valence-corrected chi connectivity index (χ3v) is 2.68. The van der Waals surface area contributed by atoms with Gasteiger partial charge in [-0.05, 0) is 18.2 Å². The van der Waals surface area contributed by atoms with Gasteiger partial charge in [0.1, 0.15) is 5.82 Å². The Morgan fingerprint density at radius 2 is 2.32 bits per heavy atom. The van der Waals surface area contributed by atoms with E-state index in [0.29, 0.717) is 6.42 Å². The van der Waals surface area contributed by atoms with Crippen LogP contribution in [0.2, 0.25) is 0 Å². The van der Waals surface area contributed by atoms with Gasteiger partial charge in [0.15, 0.2) is 11.6 Å². The first-order chi connectivity index (χ1) is 9.08. The van der Waals surface area contributed by atoms with E-state index in [1.54, 1.807) is 6.20 Å². The Balaban J connectivity index is 1.96. The largest absolute Gasteiger partial charge is 0.490 e. The Kier molecular flexibility index (Phi) is 3.79. The molecule has 2 aromatic rings. The molecule has 0 bridgehead atoms. The quantitative estimate of drug-likeness (QED) is 0.895. The smallest absolute Gasteiger partial charge is 0.335 e. The summed E-state index contributed by atoms with van der Waals surface area (Å²) in [6.45, 7) is 0.272. The minimum absolute atomic E-state index is 0.0409. The molecule has 0 spiro atoms. The summed E-state index contributed by atoms with van der Waals surface area (Å²) in [5.74, 6) is -0.972. The highest BCUT2D eigenvalue weighted by atomic mass is 19.1. The van der Waals surface area contributed by atoms with E-state index in [4.69, 9.17) is 9.84 Å². The molecule has 0 saturated heterocycles. The Hall–Kier alpha value is -2.37. The summed E-state index contributed by atoms with van der Waals surface area (Å²) in [6, 6.07) is 3.57. The monoisotopic (exact) mass is 264 g/mol. The molecule has 0 aliphatic carbocycles. The zero-order valence-corrected chi connectivity index (χ0v) is 10.3. The predicted molar refractivity (Wildman–Crippen MR) is 65.8 cm³/mol. The number of carboxylic acid groups (broad SMARTS) is 1. The van der Waals surface area contributed by atoms with Gasteiger partial charge in [-0.2, -0.15) is 0 Å². The number of aromatic nitrogens is 2. The van der Waals surface area contributed by atoms with Crippen molar-refractivity contribution >= 4 is 5.97 Å². The van der Waals surface area contributed by atoms with Gasteiger partial charge in [0.05, 0.1) is 12.2 Å². The summed E-state index contributed by atoms with van der Waals surface area (Å²) in [7, 11) is 1.87. The third kappa shape index (κ3) is 3.09. The van der Waals surface area contributed by atoms with Crippen LogP contribution in [0.3, 0.4) is 0 Å². The summed E-state index contributed by atoms with van der Waals surface area (Å²) in [5.41, 5.74) is -0.103. The summed E-state index contributed by atoms with van der Waals surface area (Å²) in [4.78, 5) is 14.8. The molecule has 0 fully saturated rings. The molecule has 6 heteroatoms. The molecule has 1 aromatic heterocycles. The van der Waals surface area contributed by atoms with Crippen LogP contribution in [0.4, 0.5) is 4.39 Å². The SMILES string of the molecule is Cn1ccnc1CCOc1ccc(C(=O)O)cc1F. The normalized spacial score (nSPS) is 10.4. The van der Waals surface area contributed by atoms with Gasteiger partial charge in [-0.15, -0.1) is 0 Å². The van der Waals surface area contributed by atoms with Gasteiger partial charge in [-0.1, -0.05) is 0 Å². The average Bonchev–Trinajstić information content (AvgIpc) is 2.77. The number of ether oxygens (including phenoxy) is 1. The fraction of sp³-hybridized carbons (Fsp3) is 0.231. The van der Waals surface area contributed by atoms with Crippen LogP contribution >= 0.6 is 0 Å². The zero-order chi connectivity index (χ0) is 13.8. The Labute approximate surface area is 109 Å². The molecule has 100 valence electrons. The molecule has 0 atom stereocenters. The Bertz CT molecular complexity index is 595. The van der Waals surface area contributed by atoms with E-state index in [1.807, 2.05) is 17.8 Å². The van der Waals surface area contributed by atoms with Crippen LogP contribution < -0.4 is 4.74 Å². The predicted octanol–water partition coefficient (Wildman–Crippen LogP) is 1.88. The number of hydrogen-bond acceptors (Lipinski definition) is 3. The lowest BCUT2D eigenvalue weighted by molar-refractivity contribution is 0.0696. The number of halogens is 1. The van der Waals surface area contributed by atoms with Crippen LogP contribution in [0.25, 0.3) is 0 Å². The van der Waals surface area contributed by atoms with Gasteiger partial charge in [0.2, 0.25) is 0 Å². The van der Waals surface area contributed by atoms with Gasteiger partial charge in [-0.3, -0.25) is 0 Å². The van der Waals surface area contributed by atoms with Gasteiger partial charge in [0.25, 0.3) is 0 Å². The first-order valence-electron chi connectivity index (χ1n) is 5.70. The number of aryl methyl sites for hydroxylation is 1. The maximum atomic E-state index is 13.5. The molecule has 2 rings (SSSR count). The van der Waals surface area contributed by atoms with Crippen molar-refractivity contribution in [1.29, 1.82) is 0 Å². The van der Waals surface area contributed by atoms with Crippen molar-refractivity contribution in [2.75, 3.05) is 6.61 Å². The number of nitrogens with zero attached hydrogens (tertiary/aromatic N) is 2. The molecule has 0 aliphatic rings. The zero-order valence-electron chi connectivity index (χ0n) is 10.3. The third-order valence-electron chi connectivity index (χ3n) is 2.68. The van der Waals surface area contributed by atoms with E-state index in [9.17, 15) is 9.18 Å². The summed E-state index contributed by atoms with van der Waals surface area (Å²) >= 11 is 0. The van der Waals surface area contributed by atoms with E-state index >= 15 is 0 Å². The van der Waals surface area contributed by atoms with Crippen LogP contribution in [0.5, 0.6) is 5.75 Å². The molecule has 5 nitrogen and oxygen atoms in total. The van der Waals surface area contributed by atoms with Gasteiger partial charge in [0, 0.05) is 25.9 Å². The molecule has 19 heavy (non-hydrogen) atoms. The maximum Gasteiger partial charge on any atom is 0.335 e. The summed E-state index contributed by atoms with van der Waals surface area (Å²) < 4.78 is 20.7. The first kappa shape index (κ1) is 13.1. The van der Waals surface area contributed by atoms with Crippen molar-refractivity contribution in [1.82, 2.24) is 9.55 Å². The number of carboxylic acids is 1. The lowest BCUT2D eigenvalue weighted by Crippen LogP contribution is -2.07. The Morgan fingerprint density at radius 1 is 1.53 bits per heavy atom. The number of aromatic carboxylic acids is 1. The highest BCUT2D eigenvalue weighted by Gasteiger charge is 2.09. The molecule has 1 heterocycles. The number of benzene rings is 1. The molecule has 0 saturated carbocycles. The molecule has 0 amide bonds. The van der Waals surface area contributed by atoms with Gasteiger partial charge >= 0.3 is 5.97 Å². The maximum absolute atomic E-state index is 13.5. The van der Waals surface area contributed by atoms with Crippen molar-refractivity contribution in [2.24, 2.45) is 7.05 Å². The average molecular weight is 264 g/mol. The van der Waals surface area contributed by atoms with Crippen LogP contribution in [-0.4, -0.2) is 27.2 Å². The molecule has 1 aromatic carbocycles. The number of hydrogen-bond donors (Lipinski definition) is 1. The van der Waals surface area contributed by atoms with Crippen molar-refractivity contribution in [3.05, 3.63) is 47.8 Å². The number of imidazole rings is 1.